The van der Waals surface area contributed by atoms with Gasteiger partial charge in [0.05, 0.1) is 6.10 Å². The molecule has 0 unspecified atom stereocenters. The van der Waals surface area contributed by atoms with E-state index in [1.54, 1.807) is 20.2 Å². The molecule has 1 aliphatic carbocycles. The van der Waals surface area contributed by atoms with Crippen molar-refractivity contribution in [3.8, 4) is 5.75 Å². The summed E-state index contributed by atoms with van der Waals surface area (Å²) in [5.41, 5.74) is 0.418. The molecule has 1 aromatic rings. The Kier molecular flexibility index (Phi) is 3.41. The Morgan fingerprint density at radius 3 is 2.44 bits per heavy atom. The van der Waals surface area contributed by atoms with Gasteiger partial charge in [0.1, 0.15) is 17.3 Å². The molecule has 5 heteroatoms. The first-order valence-electron chi connectivity index (χ1n) is 6.05. The molecule has 0 spiro atoms. The van der Waals surface area contributed by atoms with Crippen LogP contribution in [0.15, 0.2) is 12.1 Å². The maximum absolute atomic E-state index is 12.0. The molecule has 18 heavy (non-hydrogen) atoms. The zero-order valence-electron chi connectivity index (χ0n) is 11.3. The lowest BCUT2D eigenvalue weighted by molar-refractivity contribution is 0.0821. The highest BCUT2D eigenvalue weighted by molar-refractivity contribution is 5.92. The van der Waals surface area contributed by atoms with E-state index in [4.69, 9.17) is 4.74 Å². The Morgan fingerprint density at radius 1 is 1.28 bits per heavy atom. The van der Waals surface area contributed by atoms with E-state index in [9.17, 15) is 4.79 Å². The fraction of sp³-hybridized carbons (Fsp3) is 0.538. The second kappa shape index (κ2) is 4.84. The molecular formula is C13H19N3O2. The summed E-state index contributed by atoms with van der Waals surface area (Å²) in [7, 11) is 7.22. The molecule has 5 nitrogen and oxygen atoms in total. The maximum atomic E-state index is 12.0. The number of ether oxygens (including phenoxy) is 1. The lowest BCUT2D eigenvalue weighted by Gasteiger charge is -2.16. The second-order valence-electron chi connectivity index (χ2n) is 4.96. The molecule has 0 atom stereocenters. The number of nitrogens with zero attached hydrogens (tertiary/aromatic N) is 3. The highest BCUT2D eigenvalue weighted by Crippen LogP contribution is 2.29. The number of rotatable bonds is 4. The van der Waals surface area contributed by atoms with Gasteiger partial charge in [0, 0.05) is 40.3 Å². The van der Waals surface area contributed by atoms with Gasteiger partial charge in [-0.05, 0) is 12.8 Å². The van der Waals surface area contributed by atoms with Crippen LogP contribution in [0.3, 0.4) is 0 Å². The molecule has 1 aliphatic rings. The summed E-state index contributed by atoms with van der Waals surface area (Å²) in [6, 6.07) is 3.58. The van der Waals surface area contributed by atoms with E-state index < -0.39 is 0 Å². The highest BCUT2D eigenvalue weighted by Gasteiger charge is 2.24. The molecule has 0 bridgehead atoms. The van der Waals surface area contributed by atoms with Crippen LogP contribution in [0.2, 0.25) is 0 Å². The fourth-order valence-corrected chi connectivity index (χ4v) is 1.51. The number of hydrogen-bond donors (Lipinski definition) is 0. The van der Waals surface area contributed by atoms with Crippen LogP contribution in [0.25, 0.3) is 0 Å². The molecule has 1 aromatic heterocycles. The van der Waals surface area contributed by atoms with Crippen molar-refractivity contribution < 1.29 is 9.53 Å². The zero-order chi connectivity index (χ0) is 13.3. The van der Waals surface area contributed by atoms with Gasteiger partial charge in [-0.15, -0.1) is 0 Å². The van der Waals surface area contributed by atoms with Gasteiger partial charge < -0.3 is 14.5 Å². The Balaban J connectivity index is 2.32. The van der Waals surface area contributed by atoms with Crippen molar-refractivity contribution in [3.63, 3.8) is 0 Å². The van der Waals surface area contributed by atoms with Gasteiger partial charge in [0.15, 0.2) is 0 Å². The predicted octanol–water partition coefficient (Wildman–Crippen LogP) is 1.39. The third kappa shape index (κ3) is 2.91. The molecule has 98 valence electrons. The van der Waals surface area contributed by atoms with Gasteiger partial charge in [0.2, 0.25) is 0 Å². The minimum absolute atomic E-state index is 0.112. The van der Waals surface area contributed by atoms with Crippen LogP contribution in [-0.2, 0) is 0 Å². The van der Waals surface area contributed by atoms with E-state index in [2.05, 4.69) is 4.98 Å². The van der Waals surface area contributed by atoms with Crippen LogP contribution in [0.1, 0.15) is 23.3 Å². The largest absolute Gasteiger partial charge is 0.490 e. The molecule has 0 aromatic carbocycles. The molecule has 0 aliphatic heterocycles. The molecular weight excluding hydrogens is 230 g/mol. The van der Waals surface area contributed by atoms with Gasteiger partial charge in [-0.2, -0.15) is 0 Å². The zero-order valence-corrected chi connectivity index (χ0v) is 11.3. The number of carbonyl (C=O) groups is 1. The first-order chi connectivity index (χ1) is 8.47. The average Bonchev–Trinajstić information content (AvgIpc) is 3.11. The van der Waals surface area contributed by atoms with Gasteiger partial charge in [0.25, 0.3) is 5.91 Å². The Hall–Kier alpha value is -1.78. The second-order valence-corrected chi connectivity index (χ2v) is 4.96. The van der Waals surface area contributed by atoms with Crippen molar-refractivity contribution >= 4 is 11.7 Å². The minimum Gasteiger partial charge on any atom is -0.490 e. The maximum Gasteiger partial charge on any atom is 0.272 e. The van der Waals surface area contributed by atoms with E-state index in [-0.39, 0.29) is 5.91 Å². The van der Waals surface area contributed by atoms with Crippen LogP contribution in [-0.4, -0.2) is 50.1 Å². The third-order valence-corrected chi connectivity index (χ3v) is 2.70. The minimum atomic E-state index is -0.112. The first kappa shape index (κ1) is 12.7. The number of carbonyl (C=O) groups excluding carboxylic acids is 1. The van der Waals surface area contributed by atoms with E-state index in [1.165, 1.54) is 4.90 Å². The van der Waals surface area contributed by atoms with Gasteiger partial charge in [-0.3, -0.25) is 4.79 Å². The lowest BCUT2D eigenvalue weighted by atomic mass is 10.3. The van der Waals surface area contributed by atoms with Crippen LogP contribution >= 0.6 is 0 Å². The van der Waals surface area contributed by atoms with E-state index in [1.807, 2.05) is 25.1 Å². The third-order valence-electron chi connectivity index (χ3n) is 2.70. The molecule has 1 fully saturated rings. The standard InChI is InChI=1S/C13H19N3O2/c1-15(2)12-8-10(18-9-5-6-9)7-11(14-12)13(17)16(3)4/h7-9H,5-6H2,1-4H3. The molecule has 1 amide bonds. The highest BCUT2D eigenvalue weighted by atomic mass is 16.5. The summed E-state index contributed by atoms with van der Waals surface area (Å²) in [6.07, 6.45) is 2.50. The van der Waals surface area contributed by atoms with Gasteiger partial charge in [-0.1, -0.05) is 0 Å². The van der Waals surface area contributed by atoms with Crippen molar-refractivity contribution in [3.05, 3.63) is 17.8 Å². The van der Waals surface area contributed by atoms with Crippen molar-refractivity contribution in [2.75, 3.05) is 33.1 Å². The Bertz CT molecular complexity index is 454. The SMILES string of the molecule is CN(C)C(=O)c1cc(OC2CC2)cc(N(C)C)n1. The fourth-order valence-electron chi connectivity index (χ4n) is 1.51. The Labute approximate surface area is 107 Å². The summed E-state index contributed by atoms with van der Waals surface area (Å²) >= 11 is 0. The summed E-state index contributed by atoms with van der Waals surface area (Å²) in [5, 5.41) is 0. The monoisotopic (exact) mass is 249 g/mol. The topological polar surface area (TPSA) is 45.7 Å². The van der Waals surface area contributed by atoms with E-state index in [0.717, 1.165) is 24.4 Å². The normalized spacial score (nSPS) is 14.2. The molecule has 0 radical (unpaired) electrons. The van der Waals surface area contributed by atoms with Crippen LogP contribution in [0.5, 0.6) is 5.75 Å². The molecule has 1 saturated carbocycles. The van der Waals surface area contributed by atoms with Crippen molar-refractivity contribution in [1.82, 2.24) is 9.88 Å². The van der Waals surface area contributed by atoms with E-state index >= 15 is 0 Å². The number of aromatic nitrogens is 1. The van der Waals surface area contributed by atoms with Crippen molar-refractivity contribution in [2.45, 2.75) is 18.9 Å². The molecule has 0 saturated heterocycles. The average molecular weight is 249 g/mol. The van der Waals surface area contributed by atoms with E-state index in [0.29, 0.717) is 11.8 Å². The van der Waals surface area contributed by atoms with Gasteiger partial charge in [-0.25, -0.2) is 4.98 Å². The first-order valence-corrected chi connectivity index (χ1v) is 6.05. The van der Waals surface area contributed by atoms with Crippen molar-refractivity contribution in [1.29, 1.82) is 0 Å². The van der Waals surface area contributed by atoms with Crippen molar-refractivity contribution in [2.24, 2.45) is 0 Å². The number of anilines is 1. The van der Waals surface area contributed by atoms with Crippen LogP contribution in [0.4, 0.5) is 5.82 Å². The number of hydrogen-bond acceptors (Lipinski definition) is 4. The predicted molar refractivity (Wildman–Crippen MR) is 70.2 cm³/mol. The summed E-state index contributed by atoms with van der Waals surface area (Å²) in [6.45, 7) is 0. The molecule has 1 heterocycles. The van der Waals surface area contributed by atoms with Crippen LogP contribution < -0.4 is 9.64 Å². The smallest absolute Gasteiger partial charge is 0.272 e. The molecule has 0 N–H and O–H groups in total. The Morgan fingerprint density at radius 2 is 1.94 bits per heavy atom. The van der Waals surface area contributed by atoms with Crippen LogP contribution in [0, 0.1) is 0 Å². The summed E-state index contributed by atoms with van der Waals surface area (Å²) in [5.74, 6) is 1.35. The lowest BCUT2D eigenvalue weighted by Crippen LogP contribution is -2.24. The van der Waals surface area contributed by atoms with Gasteiger partial charge >= 0.3 is 0 Å². The molecule has 2 rings (SSSR count). The quantitative estimate of drug-likeness (QED) is 0.809. The summed E-state index contributed by atoms with van der Waals surface area (Å²) in [4.78, 5) is 19.7. The number of pyridine rings is 1. The summed E-state index contributed by atoms with van der Waals surface area (Å²) < 4.78 is 5.75. The number of amides is 1.